The van der Waals surface area contributed by atoms with Gasteiger partial charge in [0.15, 0.2) is 0 Å². The van der Waals surface area contributed by atoms with Gasteiger partial charge in [-0.2, -0.15) is 0 Å². The molecule has 0 aliphatic rings. The summed E-state index contributed by atoms with van der Waals surface area (Å²) in [5.41, 5.74) is 1.33. The summed E-state index contributed by atoms with van der Waals surface area (Å²) in [5.74, 6) is 2.38. The van der Waals surface area contributed by atoms with Crippen LogP contribution in [0.15, 0.2) is 16.9 Å². The van der Waals surface area contributed by atoms with E-state index in [-0.39, 0.29) is 5.56 Å². The Morgan fingerprint density at radius 1 is 1.60 bits per heavy atom. The Labute approximate surface area is 58.9 Å². The summed E-state index contributed by atoms with van der Waals surface area (Å²) in [6.45, 7) is 1.85. The van der Waals surface area contributed by atoms with E-state index in [1.807, 2.05) is 6.92 Å². The lowest BCUT2D eigenvalue weighted by molar-refractivity contribution is 1.17. The smallest absolute Gasteiger partial charge is 0.248 e. The van der Waals surface area contributed by atoms with Gasteiger partial charge in [0, 0.05) is 6.07 Å². The van der Waals surface area contributed by atoms with Crippen LogP contribution in [0, 0.1) is 19.3 Å². The van der Waals surface area contributed by atoms with Crippen molar-refractivity contribution in [3.8, 4) is 12.3 Å². The molecule has 0 spiro atoms. The number of aromatic amines is 1. The van der Waals surface area contributed by atoms with Gasteiger partial charge in [-0.25, -0.2) is 0 Å². The molecule has 0 aromatic carbocycles. The van der Waals surface area contributed by atoms with E-state index in [1.54, 1.807) is 6.07 Å². The van der Waals surface area contributed by atoms with E-state index in [0.29, 0.717) is 5.69 Å². The first-order valence-electron chi connectivity index (χ1n) is 2.90. The van der Waals surface area contributed by atoms with Crippen molar-refractivity contribution < 1.29 is 0 Å². The number of nitrogens with one attached hydrogen (secondary N) is 1. The van der Waals surface area contributed by atoms with Crippen LogP contribution in [0.25, 0.3) is 0 Å². The van der Waals surface area contributed by atoms with Gasteiger partial charge in [-0.1, -0.05) is 12.0 Å². The molecule has 1 heterocycles. The summed E-state index contributed by atoms with van der Waals surface area (Å²) in [5, 5.41) is 0. The van der Waals surface area contributed by atoms with Crippen molar-refractivity contribution in [2.75, 3.05) is 0 Å². The third-order valence-electron chi connectivity index (χ3n) is 1.27. The van der Waals surface area contributed by atoms with Gasteiger partial charge in [0.25, 0.3) is 0 Å². The van der Waals surface area contributed by atoms with Gasteiger partial charge in [-0.3, -0.25) is 4.79 Å². The molecule has 10 heavy (non-hydrogen) atoms. The van der Waals surface area contributed by atoms with Crippen molar-refractivity contribution in [1.82, 2.24) is 4.98 Å². The minimum atomic E-state index is -0.154. The SMILES string of the molecule is C#Cc1[nH]c(=O)ccc1C. The van der Waals surface area contributed by atoms with Crippen LogP contribution in [-0.2, 0) is 0 Å². The van der Waals surface area contributed by atoms with E-state index < -0.39 is 0 Å². The summed E-state index contributed by atoms with van der Waals surface area (Å²) < 4.78 is 0. The lowest BCUT2D eigenvalue weighted by Crippen LogP contribution is -2.05. The molecule has 1 aromatic heterocycles. The van der Waals surface area contributed by atoms with Crippen LogP contribution in [0.1, 0.15) is 11.3 Å². The van der Waals surface area contributed by atoms with Crippen molar-refractivity contribution in [2.24, 2.45) is 0 Å². The molecule has 0 fully saturated rings. The maximum absolute atomic E-state index is 10.7. The fraction of sp³-hybridized carbons (Fsp3) is 0.125. The molecule has 0 saturated carbocycles. The predicted octanol–water partition coefficient (Wildman–Crippen LogP) is 0.665. The monoisotopic (exact) mass is 133 g/mol. The zero-order chi connectivity index (χ0) is 7.56. The molecule has 0 aliphatic carbocycles. The second kappa shape index (κ2) is 2.40. The average Bonchev–Trinajstić information content (AvgIpc) is 1.94. The summed E-state index contributed by atoms with van der Waals surface area (Å²) in [4.78, 5) is 13.2. The molecule has 0 amide bonds. The number of aryl methyl sites for hydroxylation is 1. The molecule has 0 bridgehead atoms. The molecule has 0 radical (unpaired) electrons. The van der Waals surface area contributed by atoms with Crippen LogP contribution in [-0.4, -0.2) is 4.98 Å². The van der Waals surface area contributed by atoms with Crippen LogP contribution >= 0.6 is 0 Å². The van der Waals surface area contributed by atoms with Crippen LogP contribution in [0.2, 0.25) is 0 Å². The Morgan fingerprint density at radius 2 is 2.30 bits per heavy atom. The number of rotatable bonds is 0. The summed E-state index contributed by atoms with van der Waals surface area (Å²) in [6.07, 6.45) is 5.10. The maximum Gasteiger partial charge on any atom is 0.248 e. The van der Waals surface area contributed by atoms with E-state index >= 15 is 0 Å². The number of terminal acetylenes is 1. The standard InChI is InChI=1S/C8H7NO/c1-3-7-6(2)4-5-8(10)9-7/h1,4-5H,2H3,(H,9,10). The highest BCUT2D eigenvalue weighted by molar-refractivity contribution is 5.31. The fourth-order valence-electron chi connectivity index (χ4n) is 0.697. The Balaban J connectivity index is 3.40. The molecule has 0 atom stereocenters. The Kier molecular flexibility index (Phi) is 1.59. The average molecular weight is 133 g/mol. The van der Waals surface area contributed by atoms with E-state index in [0.717, 1.165) is 5.56 Å². The van der Waals surface area contributed by atoms with Gasteiger partial charge in [-0.15, -0.1) is 6.42 Å². The molecule has 2 nitrogen and oxygen atoms in total. The molecule has 1 N–H and O–H groups in total. The first kappa shape index (κ1) is 6.63. The first-order valence-corrected chi connectivity index (χ1v) is 2.90. The second-order valence-electron chi connectivity index (χ2n) is 2.02. The highest BCUT2D eigenvalue weighted by Gasteiger charge is 1.91. The van der Waals surface area contributed by atoms with Crippen LogP contribution in [0.4, 0.5) is 0 Å². The minimum Gasteiger partial charge on any atom is -0.315 e. The third-order valence-corrected chi connectivity index (χ3v) is 1.27. The van der Waals surface area contributed by atoms with Crippen molar-refractivity contribution in [2.45, 2.75) is 6.92 Å². The Morgan fingerprint density at radius 3 is 2.80 bits per heavy atom. The topological polar surface area (TPSA) is 32.9 Å². The highest BCUT2D eigenvalue weighted by atomic mass is 16.1. The zero-order valence-corrected chi connectivity index (χ0v) is 5.64. The lowest BCUT2D eigenvalue weighted by atomic mass is 10.2. The van der Waals surface area contributed by atoms with E-state index in [1.165, 1.54) is 6.07 Å². The van der Waals surface area contributed by atoms with Crippen molar-refractivity contribution in [3.63, 3.8) is 0 Å². The molecule has 0 unspecified atom stereocenters. The number of pyridine rings is 1. The van der Waals surface area contributed by atoms with E-state index in [9.17, 15) is 4.79 Å². The van der Waals surface area contributed by atoms with Gasteiger partial charge in [-0.05, 0) is 12.5 Å². The fourth-order valence-corrected chi connectivity index (χ4v) is 0.697. The molecule has 1 aromatic rings. The largest absolute Gasteiger partial charge is 0.315 e. The van der Waals surface area contributed by atoms with Gasteiger partial charge < -0.3 is 4.98 Å². The quantitative estimate of drug-likeness (QED) is 0.518. The van der Waals surface area contributed by atoms with E-state index in [4.69, 9.17) is 6.42 Å². The molecule has 1 rings (SSSR count). The molecule has 0 saturated heterocycles. The lowest BCUT2D eigenvalue weighted by Gasteiger charge is -1.93. The van der Waals surface area contributed by atoms with Gasteiger partial charge >= 0.3 is 0 Å². The summed E-state index contributed by atoms with van der Waals surface area (Å²) in [7, 11) is 0. The van der Waals surface area contributed by atoms with Gasteiger partial charge in [0.05, 0.1) is 5.69 Å². The number of H-pyrrole nitrogens is 1. The number of aromatic nitrogens is 1. The van der Waals surface area contributed by atoms with Crippen LogP contribution in [0.5, 0.6) is 0 Å². The number of hydrogen-bond donors (Lipinski definition) is 1. The highest BCUT2D eigenvalue weighted by Crippen LogP contribution is 1.96. The maximum atomic E-state index is 10.7. The first-order chi connectivity index (χ1) is 4.74. The Bertz CT molecular complexity index is 330. The predicted molar refractivity (Wildman–Crippen MR) is 39.7 cm³/mol. The van der Waals surface area contributed by atoms with Gasteiger partial charge in [0.1, 0.15) is 0 Å². The summed E-state index contributed by atoms with van der Waals surface area (Å²) >= 11 is 0. The van der Waals surface area contributed by atoms with Crippen molar-refractivity contribution >= 4 is 0 Å². The van der Waals surface area contributed by atoms with E-state index in [2.05, 4.69) is 10.9 Å². The molecular formula is C8H7NO. The number of hydrogen-bond acceptors (Lipinski definition) is 1. The van der Waals surface area contributed by atoms with Crippen molar-refractivity contribution in [3.05, 3.63) is 33.7 Å². The minimum absolute atomic E-state index is 0.154. The molecule has 2 heteroatoms. The third kappa shape index (κ3) is 1.08. The second-order valence-corrected chi connectivity index (χ2v) is 2.02. The van der Waals surface area contributed by atoms with Gasteiger partial charge in [0.2, 0.25) is 5.56 Å². The zero-order valence-electron chi connectivity index (χ0n) is 5.64. The normalized spacial score (nSPS) is 8.80. The van der Waals surface area contributed by atoms with Crippen LogP contribution < -0.4 is 5.56 Å². The van der Waals surface area contributed by atoms with Crippen LogP contribution in [0.3, 0.4) is 0 Å². The Hall–Kier alpha value is -1.49. The van der Waals surface area contributed by atoms with Crippen molar-refractivity contribution in [1.29, 1.82) is 0 Å². The summed E-state index contributed by atoms with van der Waals surface area (Å²) in [6, 6.07) is 3.16. The molecular weight excluding hydrogens is 126 g/mol. The molecule has 0 aliphatic heterocycles. The molecule has 50 valence electrons.